The van der Waals surface area contributed by atoms with Gasteiger partial charge in [-0.3, -0.25) is 9.59 Å². The van der Waals surface area contributed by atoms with E-state index in [0.29, 0.717) is 18.2 Å². The second-order valence-electron chi connectivity index (χ2n) is 8.20. The average molecular weight is 388 g/mol. The summed E-state index contributed by atoms with van der Waals surface area (Å²) in [6.07, 6.45) is 7.37. The van der Waals surface area contributed by atoms with Gasteiger partial charge in [0, 0.05) is 31.5 Å². The minimum absolute atomic E-state index is 0.00532. The van der Waals surface area contributed by atoms with E-state index in [1.54, 1.807) is 7.11 Å². The molecule has 1 aromatic carbocycles. The number of piperidine rings is 1. The predicted octanol–water partition coefficient (Wildman–Crippen LogP) is 3.05. The Morgan fingerprint density at radius 1 is 1.14 bits per heavy atom. The van der Waals surface area contributed by atoms with Crippen molar-refractivity contribution in [2.45, 2.75) is 51.0 Å². The monoisotopic (exact) mass is 387 g/mol. The van der Waals surface area contributed by atoms with Gasteiger partial charge in [0.2, 0.25) is 5.91 Å². The first-order valence-corrected chi connectivity index (χ1v) is 10.4. The Bertz CT molecular complexity index is 657. The van der Waals surface area contributed by atoms with Crippen LogP contribution in [0.1, 0.15) is 55.3 Å². The summed E-state index contributed by atoms with van der Waals surface area (Å²) in [7, 11) is 3.54. The van der Waals surface area contributed by atoms with Gasteiger partial charge in [-0.1, -0.05) is 19.3 Å². The molecule has 28 heavy (non-hydrogen) atoms. The van der Waals surface area contributed by atoms with E-state index in [9.17, 15) is 9.59 Å². The molecule has 2 amide bonds. The van der Waals surface area contributed by atoms with Crippen LogP contribution in [0.4, 0.5) is 5.69 Å². The molecule has 2 fully saturated rings. The lowest BCUT2D eigenvalue weighted by Gasteiger charge is -2.35. The molecule has 1 saturated carbocycles. The molecule has 1 saturated heterocycles. The Balaban J connectivity index is 1.63. The second-order valence-corrected chi connectivity index (χ2v) is 8.20. The number of benzene rings is 1. The molecular formula is C22H33N3O3. The lowest BCUT2D eigenvalue weighted by Crippen LogP contribution is -2.47. The van der Waals surface area contributed by atoms with Gasteiger partial charge < -0.3 is 20.3 Å². The quantitative estimate of drug-likeness (QED) is 0.787. The van der Waals surface area contributed by atoms with E-state index in [0.717, 1.165) is 44.5 Å². The fraction of sp³-hybridized carbons (Fsp3) is 0.636. The molecule has 3 rings (SSSR count). The number of anilines is 1. The largest absolute Gasteiger partial charge is 0.384 e. The van der Waals surface area contributed by atoms with Crippen molar-refractivity contribution in [1.82, 2.24) is 10.2 Å². The molecule has 0 unspecified atom stereocenters. The SMILES string of the molecule is COCC1(C(=O)Nc2ccc(C(=O)N(C)C3CCCCC3)cc2)CCNCC1. The normalized spacial score (nSPS) is 19.8. The Morgan fingerprint density at radius 2 is 1.79 bits per heavy atom. The van der Waals surface area contributed by atoms with E-state index in [4.69, 9.17) is 4.74 Å². The third-order valence-electron chi connectivity index (χ3n) is 6.30. The average Bonchev–Trinajstić information content (AvgIpc) is 2.74. The van der Waals surface area contributed by atoms with Crippen molar-refractivity contribution in [2.24, 2.45) is 5.41 Å². The van der Waals surface area contributed by atoms with Gasteiger partial charge in [0.05, 0.1) is 12.0 Å². The number of ether oxygens (including phenoxy) is 1. The second kappa shape index (κ2) is 9.52. The maximum Gasteiger partial charge on any atom is 0.253 e. The highest BCUT2D eigenvalue weighted by atomic mass is 16.5. The summed E-state index contributed by atoms with van der Waals surface area (Å²) in [4.78, 5) is 27.6. The Labute approximate surface area is 168 Å². The van der Waals surface area contributed by atoms with Crippen molar-refractivity contribution < 1.29 is 14.3 Å². The number of amides is 2. The lowest BCUT2D eigenvalue weighted by atomic mass is 9.78. The summed E-state index contributed by atoms with van der Waals surface area (Å²) in [5, 5.41) is 6.32. The first-order chi connectivity index (χ1) is 13.6. The van der Waals surface area contributed by atoms with Crippen molar-refractivity contribution in [3.63, 3.8) is 0 Å². The first kappa shape index (κ1) is 20.8. The molecule has 0 atom stereocenters. The molecule has 1 aromatic rings. The minimum atomic E-state index is -0.490. The summed E-state index contributed by atoms with van der Waals surface area (Å²) >= 11 is 0. The van der Waals surface area contributed by atoms with Gasteiger partial charge in [-0.15, -0.1) is 0 Å². The number of carbonyl (C=O) groups is 2. The molecule has 0 radical (unpaired) electrons. The van der Waals surface area contributed by atoms with E-state index in [1.807, 2.05) is 36.2 Å². The smallest absolute Gasteiger partial charge is 0.253 e. The Hall–Kier alpha value is -1.92. The van der Waals surface area contributed by atoms with Crippen LogP contribution in [0.5, 0.6) is 0 Å². The van der Waals surface area contributed by atoms with Crippen LogP contribution in [-0.4, -0.2) is 56.6 Å². The summed E-state index contributed by atoms with van der Waals surface area (Å²) in [5.41, 5.74) is 0.894. The molecule has 0 aromatic heterocycles. The van der Waals surface area contributed by atoms with E-state index < -0.39 is 5.41 Å². The number of hydrogen-bond acceptors (Lipinski definition) is 4. The molecule has 2 aliphatic rings. The van der Waals surface area contributed by atoms with Gasteiger partial charge in [-0.05, 0) is 63.0 Å². The highest BCUT2D eigenvalue weighted by Gasteiger charge is 2.39. The number of hydrogen-bond donors (Lipinski definition) is 2. The van der Waals surface area contributed by atoms with Crippen molar-refractivity contribution in [3.8, 4) is 0 Å². The van der Waals surface area contributed by atoms with Crippen LogP contribution in [0.2, 0.25) is 0 Å². The Morgan fingerprint density at radius 3 is 2.39 bits per heavy atom. The molecule has 6 heteroatoms. The fourth-order valence-corrected chi connectivity index (χ4v) is 4.42. The number of nitrogens with one attached hydrogen (secondary N) is 2. The topological polar surface area (TPSA) is 70.7 Å². The molecule has 1 aliphatic carbocycles. The standard InChI is InChI=1S/C22H33N3O3/c1-25(19-6-4-3-5-7-19)20(26)17-8-10-18(11-9-17)24-21(27)22(16-28-2)12-14-23-15-13-22/h8-11,19,23H,3-7,12-16H2,1-2H3,(H,24,27). The molecule has 154 valence electrons. The maximum absolute atomic E-state index is 12.9. The van der Waals surface area contributed by atoms with Gasteiger partial charge in [0.15, 0.2) is 0 Å². The summed E-state index contributed by atoms with van der Waals surface area (Å²) in [6, 6.07) is 7.60. The first-order valence-electron chi connectivity index (χ1n) is 10.4. The van der Waals surface area contributed by atoms with E-state index in [2.05, 4.69) is 10.6 Å². The van der Waals surface area contributed by atoms with Crippen LogP contribution in [-0.2, 0) is 9.53 Å². The van der Waals surface area contributed by atoms with Crippen LogP contribution in [0.15, 0.2) is 24.3 Å². The predicted molar refractivity (Wildman–Crippen MR) is 110 cm³/mol. The highest BCUT2D eigenvalue weighted by Crippen LogP contribution is 2.31. The van der Waals surface area contributed by atoms with Crippen LogP contribution in [0.25, 0.3) is 0 Å². The number of nitrogens with zero attached hydrogens (tertiary/aromatic N) is 1. The van der Waals surface area contributed by atoms with E-state index in [-0.39, 0.29) is 11.8 Å². The zero-order chi connectivity index (χ0) is 20.0. The number of carbonyl (C=O) groups excluding carboxylic acids is 2. The summed E-state index contributed by atoms with van der Waals surface area (Å²) in [6.45, 7) is 2.05. The van der Waals surface area contributed by atoms with Crippen LogP contribution >= 0.6 is 0 Å². The van der Waals surface area contributed by atoms with E-state index in [1.165, 1.54) is 19.3 Å². The highest BCUT2D eigenvalue weighted by molar-refractivity contribution is 5.97. The molecule has 0 bridgehead atoms. The van der Waals surface area contributed by atoms with Crippen molar-refractivity contribution >= 4 is 17.5 Å². The zero-order valence-electron chi connectivity index (χ0n) is 17.1. The lowest BCUT2D eigenvalue weighted by molar-refractivity contribution is -0.130. The van der Waals surface area contributed by atoms with Crippen LogP contribution in [0, 0.1) is 5.41 Å². The summed E-state index contributed by atoms with van der Waals surface area (Å²) in [5.74, 6) is 0.0493. The van der Waals surface area contributed by atoms with Crippen molar-refractivity contribution in [1.29, 1.82) is 0 Å². The minimum Gasteiger partial charge on any atom is -0.384 e. The maximum atomic E-state index is 12.9. The van der Waals surface area contributed by atoms with Gasteiger partial charge >= 0.3 is 0 Å². The van der Waals surface area contributed by atoms with Gasteiger partial charge in [0.25, 0.3) is 5.91 Å². The molecule has 1 heterocycles. The van der Waals surface area contributed by atoms with Gasteiger partial charge in [-0.2, -0.15) is 0 Å². The third-order valence-corrected chi connectivity index (χ3v) is 6.30. The number of methoxy groups -OCH3 is 1. The van der Waals surface area contributed by atoms with Crippen LogP contribution in [0.3, 0.4) is 0 Å². The molecule has 0 spiro atoms. The molecular weight excluding hydrogens is 354 g/mol. The van der Waals surface area contributed by atoms with Crippen LogP contribution < -0.4 is 10.6 Å². The van der Waals surface area contributed by atoms with Crippen molar-refractivity contribution in [2.75, 3.05) is 39.2 Å². The van der Waals surface area contributed by atoms with Gasteiger partial charge in [0.1, 0.15) is 0 Å². The third kappa shape index (κ3) is 4.73. The number of rotatable bonds is 6. The fourth-order valence-electron chi connectivity index (χ4n) is 4.42. The molecule has 6 nitrogen and oxygen atoms in total. The van der Waals surface area contributed by atoms with Crippen molar-refractivity contribution in [3.05, 3.63) is 29.8 Å². The molecule has 2 N–H and O–H groups in total. The summed E-state index contributed by atoms with van der Waals surface area (Å²) < 4.78 is 5.34. The Kier molecular flexibility index (Phi) is 7.08. The van der Waals surface area contributed by atoms with E-state index >= 15 is 0 Å². The zero-order valence-corrected chi connectivity index (χ0v) is 17.1. The van der Waals surface area contributed by atoms with Gasteiger partial charge in [-0.25, -0.2) is 0 Å². The molecule has 1 aliphatic heterocycles.